The molecule has 0 rings (SSSR count). The molecule has 0 heterocycles. The van der Waals surface area contributed by atoms with Gasteiger partial charge in [0.1, 0.15) is 12.1 Å². The first kappa shape index (κ1) is 32.8. The highest BCUT2D eigenvalue weighted by atomic mass is 16.5. The average Bonchev–Trinajstić information content (AvgIpc) is 2.82. The molecule has 0 aromatic heterocycles. The lowest BCUT2D eigenvalue weighted by Crippen LogP contribution is -2.42. The number of carbonyl (C=O) groups is 6. The molecule has 0 fully saturated rings. The molecule has 0 saturated heterocycles. The third-order valence-corrected chi connectivity index (χ3v) is 4.76. The smallest absolute Gasteiger partial charge is 0.328 e. The second-order valence-electron chi connectivity index (χ2n) is 7.64. The summed E-state index contributed by atoms with van der Waals surface area (Å²) in [4.78, 5) is 71.9. The SMILES string of the molecule is CCOC(=O)CC[C@H](NC(=O)CCCCC(=O)N[C@@H](CCC(=O)OCC)C(=O)OCC)C(=O)OCC. The fraction of sp³-hybridized carbons (Fsp3) is 0.750. The van der Waals surface area contributed by atoms with Crippen LogP contribution in [0.2, 0.25) is 0 Å². The Balaban J connectivity index is 4.59. The number of esters is 4. The van der Waals surface area contributed by atoms with Gasteiger partial charge in [0, 0.05) is 25.7 Å². The van der Waals surface area contributed by atoms with Gasteiger partial charge < -0.3 is 29.6 Å². The van der Waals surface area contributed by atoms with Crippen molar-refractivity contribution in [1.29, 1.82) is 0 Å². The van der Waals surface area contributed by atoms with Crippen molar-refractivity contribution >= 4 is 35.7 Å². The molecule has 0 spiro atoms. The molecule has 0 unspecified atom stereocenters. The molecule has 36 heavy (non-hydrogen) atoms. The van der Waals surface area contributed by atoms with Crippen LogP contribution in [0.15, 0.2) is 0 Å². The molecule has 0 saturated carbocycles. The predicted molar refractivity (Wildman–Crippen MR) is 127 cm³/mol. The van der Waals surface area contributed by atoms with Crippen molar-refractivity contribution in [2.45, 2.75) is 91.1 Å². The monoisotopic (exact) mass is 516 g/mol. The molecule has 0 aliphatic heterocycles. The van der Waals surface area contributed by atoms with Crippen LogP contribution in [0.4, 0.5) is 0 Å². The van der Waals surface area contributed by atoms with Gasteiger partial charge in [0.2, 0.25) is 11.8 Å². The van der Waals surface area contributed by atoms with Crippen LogP contribution in [0.25, 0.3) is 0 Å². The summed E-state index contributed by atoms with van der Waals surface area (Å²) < 4.78 is 19.6. The topological polar surface area (TPSA) is 163 Å². The Hall–Kier alpha value is -3.18. The van der Waals surface area contributed by atoms with Crippen LogP contribution in [-0.4, -0.2) is 74.2 Å². The summed E-state index contributed by atoms with van der Waals surface area (Å²) in [5, 5.41) is 5.12. The molecule has 206 valence electrons. The van der Waals surface area contributed by atoms with E-state index in [0.717, 1.165) is 0 Å². The van der Waals surface area contributed by atoms with Gasteiger partial charge >= 0.3 is 23.9 Å². The highest BCUT2D eigenvalue weighted by Gasteiger charge is 2.24. The van der Waals surface area contributed by atoms with Crippen LogP contribution >= 0.6 is 0 Å². The largest absolute Gasteiger partial charge is 0.466 e. The zero-order chi connectivity index (χ0) is 27.3. The Kier molecular flexibility index (Phi) is 18.3. The Morgan fingerprint density at radius 1 is 0.528 bits per heavy atom. The summed E-state index contributed by atoms with van der Waals surface area (Å²) in [6.07, 6.45) is 0.795. The second-order valence-corrected chi connectivity index (χ2v) is 7.64. The summed E-state index contributed by atoms with van der Waals surface area (Å²) in [5.74, 6) is -3.07. The highest BCUT2D eigenvalue weighted by Crippen LogP contribution is 2.07. The van der Waals surface area contributed by atoms with Crippen molar-refractivity contribution in [3.63, 3.8) is 0 Å². The van der Waals surface area contributed by atoms with Crippen LogP contribution in [0.1, 0.15) is 79.1 Å². The van der Waals surface area contributed by atoms with E-state index in [2.05, 4.69) is 10.6 Å². The fourth-order valence-electron chi connectivity index (χ4n) is 3.08. The van der Waals surface area contributed by atoms with Crippen molar-refractivity contribution in [3.8, 4) is 0 Å². The Morgan fingerprint density at radius 2 is 0.861 bits per heavy atom. The fourth-order valence-corrected chi connectivity index (χ4v) is 3.08. The van der Waals surface area contributed by atoms with Crippen LogP contribution in [0, 0.1) is 0 Å². The van der Waals surface area contributed by atoms with E-state index < -0.39 is 47.8 Å². The number of rotatable bonds is 19. The van der Waals surface area contributed by atoms with Gasteiger partial charge in [-0.2, -0.15) is 0 Å². The number of hydrogen-bond donors (Lipinski definition) is 2. The summed E-state index contributed by atoms with van der Waals surface area (Å²) in [6, 6.07) is -1.95. The minimum atomic E-state index is -0.977. The van der Waals surface area contributed by atoms with Gasteiger partial charge in [-0.05, 0) is 53.4 Å². The van der Waals surface area contributed by atoms with E-state index >= 15 is 0 Å². The molecular weight excluding hydrogens is 476 g/mol. The Labute approximate surface area is 212 Å². The summed E-state index contributed by atoms with van der Waals surface area (Å²) >= 11 is 0. The summed E-state index contributed by atoms with van der Waals surface area (Å²) in [6.45, 7) is 7.31. The zero-order valence-corrected chi connectivity index (χ0v) is 21.7. The molecule has 0 bridgehead atoms. The molecule has 0 radical (unpaired) electrons. The van der Waals surface area contributed by atoms with E-state index in [0.29, 0.717) is 12.8 Å². The number of amides is 2. The lowest BCUT2D eigenvalue weighted by molar-refractivity contribution is -0.150. The number of ether oxygens (including phenoxy) is 4. The molecule has 12 heteroatoms. The first-order valence-corrected chi connectivity index (χ1v) is 12.4. The van der Waals surface area contributed by atoms with Crippen LogP contribution < -0.4 is 10.6 Å². The summed E-state index contributed by atoms with van der Waals surface area (Å²) in [5.41, 5.74) is 0. The summed E-state index contributed by atoms with van der Waals surface area (Å²) in [7, 11) is 0. The van der Waals surface area contributed by atoms with Gasteiger partial charge in [-0.1, -0.05) is 0 Å². The van der Waals surface area contributed by atoms with Crippen LogP contribution in [-0.2, 0) is 47.7 Å². The maximum absolute atomic E-state index is 12.3. The molecule has 0 aliphatic rings. The quantitative estimate of drug-likeness (QED) is 0.145. The lowest BCUT2D eigenvalue weighted by atomic mass is 10.1. The molecule has 2 amide bonds. The van der Waals surface area contributed by atoms with Gasteiger partial charge in [0.15, 0.2) is 0 Å². The van der Waals surface area contributed by atoms with Crippen molar-refractivity contribution in [1.82, 2.24) is 10.6 Å². The number of carbonyl (C=O) groups excluding carboxylic acids is 6. The molecular formula is C24H40N2O10. The van der Waals surface area contributed by atoms with Gasteiger partial charge in [-0.15, -0.1) is 0 Å². The molecule has 0 aromatic rings. The van der Waals surface area contributed by atoms with E-state index in [4.69, 9.17) is 18.9 Å². The molecule has 2 N–H and O–H groups in total. The third-order valence-electron chi connectivity index (χ3n) is 4.76. The van der Waals surface area contributed by atoms with Crippen LogP contribution in [0.5, 0.6) is 0 Å². The van der Waals surface area contributed by atoms with Gasteiger partial charge in [0.25, 0.3) is 0 Å². The normalized spacial score (nSPS) is 12.0. The molecule has 0 aliphatic carbocycles. The molecule has 12 nitrogen and oxygen atoms in total. The number of nitrogens with one attached hydrogen (secondary N) is 2. The van der Waals surface area contributed by atoms with Crippen molar-refractivity contribution in [2.75, 3.05) is 26.4 Å². The number of hydrogen-bond acceptors (Lipinski definition) is 10. The maximum atomic E-state index is 12.3. The number of unbranched alkanes of at least 4 members (excludes halogenated alkanes) is 1. The Morgan fingerprint density at radius 3 is 1.17 bits per heavy atom. The zero-order valence-electron chi connectivity index (χ0n) is 21.7. The minimum absolute atomic E-state index is 0.0461. The van der Waals surface area contributed by atoms with Crippen LogP contribution in [0.3, 0.4) is 0 Å². The first-order chi connectivity index (χ1) is 17.2. The first-order valence-electron chi connectivity index (χ1n) is 12.4. The molecule has 2 atom stereocenters. The van der Waals surface area contributed by atoms with E-state index in [9.17, 15) is 28.8 Å². The Bertz CT molecular complexity index is 666. The minimum Gasteiger partial charge on any atom is -0.466 e. The second kappa shape index (κ2) is 20.1. The van der Waals surface area contributed by atoms with Crippen molar-refractivity contribution in [2.24, 2.45) is 0 Å². The lowest BCUT2D eigenvalue weighted by Gasteiger charge is -2.17. The molecule has 0 aromatic carbocycles. The highest BCUT2D eigenvalue weighted by molar-refractivity contribution is 5.86. The third kappa shape index (κ3) is 15.7. The van der Waals surface area contributed by atoms with Crippen molar-refractivity contribution < 1.29 is 47.7 Å². The van der Waals surface area contributed by atoms with E-state index in [1.165, 1.54) is 0 Å². The van der Waals surface area contributed by atoms with Crippen molar-refractivity contribution in [3.05, 3.63) is 0 Å². The van der Waals surface area contributed by atoms with Gasteiger partial charge in [0.05, 0.1) is 26.4 Å². The van der Waals surface area contributed by atoms with E-state index in [1.54, 1.807) is 27.7 Å². The standard InChI is InChI=1S/C24H40N2O10/c1-5-33-21(29)15-13-17(23(31)35-7-3)25-19(27)11-9-10-12-20(28)26-18(24(32)36-8-4)14-16-22(30)34-6-2/h17-18H,5-16H2,1-4H3,(H,25,27)(H,26,28)/t17-,18-/m0/s1. The maximum Gasteiger partial charge on any atom is 0.328 e. The van der Waals surface area contributed by atoms with Gasteiger partial charge in [-0.25, -0.2) is 9.59 Å². The predicted octanol–water partition coefficient (Wildman–Crippen LogP) is 1.33. The average molecular weight is 517 g/mol. The van der Waals surface area contributed by atoms with E-state index in [-0.39, 0.29) is 65.0 Å². The van der Waals surface area contributed by atoms with Gasteiger partial charge in [-0.3, -0.25) is 19.2 Å². The van der Waals surface area contributed by atoms with E-state index in [1.807, 2.05) is 0 Å².